The van der Waals surface area contributed by atoms with Crippen LogP contribution in [0.1, 0.15) is 55.4 Å². The Hall–Kier alpha value is -0.180. The minimum Gasteiger partial charge on any atom is -0.348 e. The van der Waals surface area contributed by atoms with E-state index in [0.29, 0.717) is 0 Å². The second kappa shape index (κ2) is 11.3. The molecule has 0 bridgehead atoms. The van der Waals surface area contributed by atoms with Crippen LogP contribution in [0, 0.1) is 0 Å². The van der Waals surface area contributed by atoms with Crippen LogP contribution in [-0.2, 0) is 77.9 Å². The second-order valence-electron chi connectivity index (χ2n) is 13.0. The Morgan fingerprint density at radius 2 is 0.929 bits per heavy atom. The fourth-order valence-corrected chi connectivity index (χ4v) is 8.28. The van der Waals surface area contributed by atoms with Gasteiger partial charge in [0.15, 0.2) is 57.9 Å². The maximum Gasteiger partial charge on any atom is 0.190 e. The Balaban J connectivity index is 1.07. The van der Waals surface area contributed by atoms with Crippen molar-refractivity contribution < 1.29 is 64.2 Å². The van der Waals surface area contributed by atoms with Crippen molar-refractivity contribution in [3.05, 3.63) is 0 Å². The van der Waals surface area contributed by atoms with Gasteiger partial charge in [-0.15, -0.1) is 0 Å². The van der Waals surface area contributed by atoms with Gasteiger partial charge in [-0.1, -0.05) is 0 Å². The van der Waals surface area contributed by atoms with Gasteiger partial charge in [0.2, 0.25) is 0 Å². The van der Waals surface area contributed by atoms with Crippen molar-refractivity contribution in [3.63, 3.8) is 0 Å². The highest BCUT2D eigenvalue weighted by molar-refractivity contribution is 7.84. The molecule has 6 rings (SSSR count). The quantitative estimate of drug-likeness (QED) is 0.354. The summed E-state index contributed by atoms with van der Waals surface area (Å²) >= 11 is -3.73. The maximum absolute atomic E-state index is 13.2. The number of hydrogen-bond donors (Lipinski definition) is 0. The molecule has 0 aromatic carbocycles. The van der Waals surface area contributed by atoms with Crippen LogP contribution < -0.4 is 0 Å². The number of hydrogen-bond acceptors (Lipinski definition) is 14. The first-order valence-corrected chi connectivity index (χ1v) is 16.8. The normalized spacial score (nSPS) is 46.1. The van der Waals surface area contributed by atoms with Gasteiger partial charge in [0.05, 0.1) is 24.7 Å². The molecule has 42 heavy (non-hydrogen) atoms. The lowest BCUT2D eigenvalue weighted by molar-refractivity contribution is -0.230. The van der Waals surface area contributed by atoms with E-state index in [1.807, 2.05) is 0 Å². The molecular weight excluding hydrogens is 600 g/mol. The largest absolute Gasteiger partial charge is 0.348 e. The van der Waals surface area contributed by atoms with Crippen LogP contribution in [-0.4, -0.2) is 118 Å². The Morgan fingerprint density at radius 1 is 0.548 bits per heavy atom. The summed E-state index contributed by atoms with van der Waals surface area (Å²) < 4.78 is 97.6. The van der Waals surface area contributed by atoms with E-state index in [0.717, 1.165) is 0 Å². The first-order valence-electron chi connectivity index (χ1n) is 14.3. The molecule has 6 fully saturated rings. The molecule has 0 aromatic heterocycles. The van der Waals surface area contributed by atoms with Crippen LogP contribution in [0.25, 0.3) is 0 Å². The third-order valence-electron chi connectivity index (χ3n) is 7.70. The van der Waals surface area contributed by atoms with E-state index in [2.05, 4.69) is 0 Å². The second-order valence-corrected chi connectivity index (χ2v) is 15.4. The van der Waals surface area contributed by atoms with E-state index in [9.17, 15) is 8.42 Å². The molecule has 14 nitrogen and oxygen atoms in total. The average Bonchev–Trinajstić information content (AvgIpc) is 3.67. The topological polar surface area (TPSA) is 145 Å². The van der Waals surface area contributed by atoms with Gasteiger partial charge in [-0.25, -0.2) is 8.42 Å². The summed E-state index contributed by atoms with van der Waals surface area (Å²) in [5.41, 5.74) is 0. The first-order chi connectivity index (χ1) is 19.5. The van der Waals surface area contributed by atoms with Crippen molar-refractivity contribution in [2.24, 2.45) is 0 Å². The Labute approximate surface area is 250 Å². The summed E-state index contributed by atoms with van der Waals surface area (Å²) in [6, 6.07) is 0. The van der Waals surface area contributed by atoms with Crippen LogP contribution in [0.15, 0.2) is 0 Å². The molecule has 12 atom stereocenters. The molecule has 0 N–H and O–H groups in total. The van der Waals surface area contributed by atoms with Crippen LogP contribution >= 0.6 is 0 Å². The van der Waals surface area contributed by atoms with Crippen LogP contribution in [0.4, 0.5) is 0 Å². The van der Waals surface area contributed by atoms with Gasteiger partial charge in [-0.2, -0.15) is 0 Å². The molecule has 0 amide bonds. The third kappa shape index (κ3) is 6.67. The zero-order chi connectivity index (χ0) is 30.2. The zero-order valence-corrected chi connectivity index (χ0v) is 26.8. The van der Waals surface area contributed by atoms with E-state index in [4.69, 9.17) is 55.7 Å². The summed E-state index contributed by atoms with van der Waals surface area (Å²) in [4.78, 5) is 0. The smallest absolute Gasteiger partial charge is 0.190 e. The monoisotopic (exact) mass is 642 g/mol. The minimum atomic E-state index is -1.86. The van der Waals surface area contributed by atoms with E-state index in [1.54, 1.807) is 55.4 Å². The van der Waals surface area contributed by atoms with Crippen LogP contribution in [0.2, 0.25) is 0 Å². The van der Waals surface area contributed by atoms with Gasteiger partial charge in [0, 0.05) is 0 Å². The Kier molecular flexibility index (Phi) is 8.52. The summed E-state index contributed by atoms with van der Waals surface area (Å²) in [6.07, 6.45) is -6.45. The molecule has 6 saturated heterocycles. The van der Waals surface area contributed by atoms with Crippen molar-refractivity contribution >= 4 is 22.2 Å². The standard InChI is InChI=1S/C26H42O14S2/c1-23(2)29-11-13(33-23)15-17(19-21(31-15)37-25(5,6)35-19)39-41(27)9-10-42(28)40-18-16(14-12-30-24(3,4)34-14)32-22-20(18)36-26(7,8)38-22/h13-22H,9-12H2,1-8H3/t13-,14-,15-,16-,17+,18+,19-,20-,21-,22-,41?,42?/m1/s1. The molecule has 0 saturated carbocycles. The molecule has 6 aliphatic heterocycles. The molecule has 16 heteroatoms. The lowest BCUT2D eigenvalue weighted by Crippen LogP contribution is -2.45. The van der Waals surface area contributed by atoms with Crippen LogP contribution in [0.5, 0.6) is 0 Å². The Bertz CT molecular complexity index is 986. The fourth-order valence-electron chi connectivity index (χ4n) is 6.06. The van der Waals surface area contributed by atoms with Gasteiger partial charge < -0.3 is 47.4 Å². The predicted molar refractivity (Wildman–Crippen MR) is 143 cm³/mol. The van der Waals surface area contributed by atoms with E-state index < -0.39 is 107 Å². The van der Waals surface area contributed by atoms with E-state index >= 15 is 0 Å². The van der Waals surface area contributed by atoms with E-state index in [-0.39, 0.29) is 24.7 Å². The van der Waals surface area contributed by atoms with Gasteiger partial charge in [0.1, 0.15) is 48.8 Å². The number of fused-ring (bicyclic) bond motifs is 2. The van der Waals surface area contributed by atoms with Crippen LogP contribution in [0.3, 0.4) is 0 Å². The van der Waals surface area contributed by atoms with Crippen molar-refractivity contribution in [3.8, 4) is 0 Å². The number of rotatable bonds is 9. The third-order valence-corrected chi connectivity index (χ3v) is 9.91. The molecule has 2 unspecified atom stereocenters. The maximum atomic E-state index is 13.2. The first kappa shape index (κ1) is 31.8. The van der Waals surface area contributed by atoms with Gasteiger partial charge in [0.25, 0.3) is 0 Å². The number of ether oxygens (including phenoxy) is 10. The predicted octanol–water partition coefficient (Wildman–Crippen LogP) is 1.14. The van der Waals surface area contributed by atoms with Crippen molar-refractivity contribution in [1.29, 1.82) is 0 Å². The molecule has 0 aliphatic carbocycles. The highest BCUT2D eigenvalue weighted by Gasteiger charge is 2.61. The summed E-state index contributed by atoms with van der Waals surface area (Å²) in [5.74, 6) is -3.52. The molecule has 6 heterocycles. The Morgan fingerprint density at radius 3 is 1.26 bits per heavy atom. The van der Waals surface area contributed by atoms with Gasteiger partial charge >= 0.3 is 0 Å². The lowest BCUT2D eigenvalue weighted by Gasteiger charge is -2.28. The van der Waals surface area contributed by atoms with Crippen molar-refractivity contribution in [2.45, 2.75) is 140 Å². The highest BCUT2D eigenvalue weighted by Crippen LogP contribution is 2.44. The summed E-state index contributed by atoms with van der Waals surface area (Å²) in [7, 11) is 0. The lowest BCUT2D eigenvalue weighted by atomic mass is 10.1. The molecule has 6 aliphatic rings. The van der Waals surface area contributed by atoms with E-state index in [1.165, 1.54) is 0 Å². The zero-order valence-electron chi connectivity index (χ0n) is 25.1. The highest BCUT2D eigenvalue weighted by atomic mass is 32.2. The SMILES string of the molecule is CC1(C)O[C@H]2O[C@H]([C@H]3COC(C)(C)O3)[C@H](OS(=O)CCS(=O)O[C@@H]3[C@H]4OC(C)(C)O[C@H]4O[C@@H]3[C@H]3COC(C)(C)O3)[C@H]2O1. The van der Waals surface area contributed by atoms with Gasteiger partial charge in [-0.05, 0) is 55.4 Å². The summed E-state index contributed by atoms with van der Waals surface area (Å²) in [6.45, 7) is 14.8. The molecule has 0 radical (unpaired) electrons. The molecular formula is C26H42O14S2. The van der Waals surface area contributed by atoms with Crippen molar-refractivity contribution in [1.82, 2.24) is 0 Å². The fraction of sp³-hybridized carbons (Fsp3) is 1.00. The summed E-state index contributed by atoms with van der Waals surface area (Å²) in [5, 5.41) is 0. The van der Waals surface area contributed by atoms with Gasteiger partial charge in [-0.3, -0.25) is 8.37 Å². The van der Waals surface area contributed by atoms with Crippen molar-refractivity contribution in [2.75, 3.05) is 24.7 Å². The molecule has 0 spiro atoms. The molecule has 242 valence electrons. The minimum absolute atomic E-state index is 0.0732. The molecule has 0 aromatic rings. The average molecular weight is 643 g/mol.